The molecule has 1 N–H and O–H groups in total. The second-order valence-corrected chi connectivity index (χ2v) is 17.2. The molecule has 4 rings (SSSR count). The van der Waals surface area contributed by atoms with Crippen LogP contribution in [0.15, 0.2) is 24.3 Å². The standard InChI is InChI=1S/C30H43N3O3Si/c1-18(2)37(19(3)4,20(5)6)36-17-24-15-23(14-22-10-9-11-26(22)24)27(16-29(34)35)25-12-13-28-30(21(25)7)31-32-33(28)8/h12-15,18-20,27H,9-11,16-17H2,1-8H3,(H,34,35)/t27-/m0/s1. The van der Waals surface area contributed by atoms with Gasteiger partial charge in [-0.2, -0.15) is 0 Å². The third-order valence-corrected chi connectivity index (χ3v) is 14.8. The monoisotopic (exact) mass is 521 g/mol. The minimum Gasteiger partial charge on any atom is -0.481 e. The van der Waals surface area contributed by atoms with Crippen LogP contribution in [0.25, 0.3) is 11.0 Å². The summed E-state index contributed by atoms with van der Waals surface area (Å²) in [6.07, 6.45) is 3.29. The van der Waals surface area contributed by atoms with E-state index >= 15 is 0 Å². The van der Waals surface area contributed by atoms with Crippen LogP contribution in [-0.4, -0.2) is 34.4 Å². The summed E-state index contributed by atoms with van der Waals surface area (Å²) in [6, 6.07) is 8.58. The van der Waals surface area contributed by atoms with Crippen molar-refractivity contribution in [3.05, 3.63) is 57.6 Å². The first-order chi connectivity index (χ1) is 17.5. The summed E-state index contributed by atoms with van der Waals surface area (Å²) in [5.41, 5.74) is 10.4. The molecule has 1 aliphatic carbocycles. The lowest BCUT2D eigenvalue weighted by Gasteiger charge is -2.42. The average Bonchev–Trinajstić information content (AvgIpc) is 3.44. The number of aliphatic carboxylic acids is 1. The molecule has 7 heteroatoms. The number of benzene rings is 2. The fourth-order valence-corrected chi connectivity index (χ4v) is 12.5. The molecule has 0 unspecified atom stereocenters. The Morgan fingerprint density at radius 1 is 1.08 bits per heavy atom. The lowest BCUT2D eigenvalue weighted by atomic mass is 9.83. The highest BCUT2D eigenvalue weighted by Gasteiger charge is 2.45. The summed E-state index contributed by atoms with van der Waals surface area (Å²) < 4.78 is 8.79. The van der Waals surface area contributed by atoms with Gasteiger partial charge in [-0.1, -0.05) is 65.0 Å². The Labute approximate surface area is 222 Å². The highest BCUT2D eigenvalue weighted by atomic mass is 28.4. The molecule has 0 saturated heterocycles. The minimum atomic E-state index is -2.03. The molecule has 2 aromatic carbocycles. The van der Waals surface area contributed by atoms with Crippen molar-refractivity contribution < 1.29 is 14.3 Å². The summed E-state index contributed by atoms with van der Waals surface area (Å²) in [5, 5.41) is 18.5. The quantitative estimate of drug-likeness (QED) is 0.289. The van der Waals surface area contributed by atoms with E-state index in [1.165, 1.54) is 16.7 Å². The van der Waals surface area contributed by atoms with Crippen LogP contribution < -0.4 is 0 Å². The van der Waals surface area contributed by atoms with Crippen molar-refractivity contribution in [2.75, 3.05) is 0 Å². The zero-order valence-electron chi connectivity index (χ0n) is 23.8. The van der Waals surface area contributed by atoms with Gasteiger partial charge in [-0.05, 0) is 82.3 Å². The third kappa shape index (κ3) is 5.00. The SMILES string of the molecule is Cc1c([C@@H](CC(=O)O)c2cc3c(c(CO[Si](C(C)C)(C(C)C)C(C)C)c2)CCC3)ccc2c1nnn2C. The molecule has 1 atom stereocenters. The Hall–Kier alpha value is -2.51. The topological polar surface area (TPSA) is 77.2 Å². The first-order valence-corrected chi connectivity index (χ1v) is 15.9. The number of nitrogens with zero attached hydrogens (tertiary/aromatic N) is 3. The van der Waals surface area contributed by atoms with E-state index in [0.717, 1.165) is 47.0 Å². The van der Waals surface area contributed by atoms with Crippen molar-refractivity contribution in [1.29, 1.82) is 0 Å². The van der Waals surface area contributed by atoms with Gasteiger partial charge in [0.15, 0.2) is 0 Å². The molecule has 1 aliphatic rings. The molecule has 1 aromatic heterocycles. The molecule has 0 bridgehead atoms. The van der Waals surface area contributed by atoms with E-state index in [1.54, 1.807) is 4.68 Å². The molecule has 0 spiro atoms. The number of carboxylic acid groups (broad SMARTS) is 1. The van der Waals surface area contributed by atoms with Crippen LogP contribution in [0.4, 0.5) is 0 Å². The minimum absolute atomic E-state index is 0.0361. The van der Waals surface area contributed by atoms with Crippen LogP contribution in [0.1, 0.15) is 93.7 Å². The first-order valence-electron chi connectivity index (χ1n) is 13.8. The number of carbonyl (C=O) groups is 1. The van der Waals surface area contributed by atoms with Crippen LogP contribution >= 0.6 is 0 Å². The Morgan fingerprint density at radius 2 is 1.76 bits per heavy atom. The van der Waals surface area contributed by atoms with E-state index < -0.39 is 14.3 Å². The van der Waals surface area contributed by atoms with Gasteiger partial charge in [0.25, 0.3) is 0 Å². The predicted octanol–water partition coefficient (Wildman–Crippen LogP) is 7.06. The maximum absolute atomic E-state index is 12.1. The highest BCUT2D eigenvalue weighted by molar-refractivity contribution is 6.77. The number of rotatable bonds is 10. The molecule has 0 amide bonds. The van der Waals surface area contributed by atoms with Crippen LogP contribution in [-0.2, 0) is 35.7 Å². The van der Waals surface area contributed by atoms with Crippen LogP contribution in [0.5, 0.6) is 0 Å². The zero-order valence-corrected chi connectivity index (χ0v) is 24.8. The Kier molecular flexibility index (Phi) is 7.95. The fourth-order valence-electron chi connectivity index (χ4n) is 7.07. The Bertz CT molecular complexity index is 1270. The summed E-state index contributed by atoms with van der Waals surface area (Å²) in [4.78, 5) is 12.1. The number of aromatic nitrogens is 3. The van der Waals surface area contributed by atoms with E-state index in [1.807, 2.05) is 20.0 Å². The van der Waals surface area contributed by atoms with Gasteiger partial charge in [-0.15, -0.1) is 5.10 Å². The van der Waals surface area contributed by atoms with Crippen LogP contribution in [0, 0.1) is 6.92 Å². The van der Waals surface area contributed by atoms with E-state index in [9.17, 15) is 9.90 Å². The largest absolute Gasteiger partial charge is 0.481 e. The molecular formula is C30H43N3O3Si. The molecule has 0 radical (unpaired) electrons. The Morgan fingerprint density at radius 3 is 2.38 bits per heavy atom. The Balaban J connectivity index is 1.79. The number of hydrogen-bond donors (Lipinski definition) is 1. The molecule has 0 saturated carbocycles. The van der Waals surface area contributed by atoms with E-state index in [0.29, 0.717) is 23.2 Å². The van der Waals surface area contributed by atoms with Crippen molar-refractivity contribution >= 4 is 25.3 Å². The van der Waals surface area contributed by atoms with E-state index in [-0.39, 0.29) is 12.3 Å². The van der Waals surface area contributed by atoms with Gasteiger partial charge in [0.2, 0.25) is 8.32 Å². The molecule has 200 valence electrons. The average molecular weight is 522 g/mol. The molecule has 37 heavy (non-hydrogen) atoms. The second-order valence-electron chi connectivity index (χ2n) is 11.8. The van der Waals surface area contributed by atoms with Crippen LogP contribution in [0.2, 0.25) is 16.6 Å². The molecule has 3 aromatic rings. The summed E-state index contributed by atoms with van der Waals surface area (Å²) in [6.45, 7) is 16.6. The van der Waals surface area contributed by atoms with Crippen molar-refractivity contribution in [2.45, 2.75) is 103 Å². The molecule has 0 aliphatic heterocycles. The van der Waals surface area contributed by atoms with E-state index in [2.05, 4.69) is 70.1 Å². The normalized spacial score (nSPS) is 14.8. The van der Waals surface area contributed by atoms with Gasteiger partial charge in [0, 0.05) is 13.0 Å². The highest BCUT2D eigenvalue weighted by Crippen LogP contribution is 2.44. The molecule has 0 fully saturated rings. The molecular weight excluding hydrogens is 478 g/mol. The first kappa shape index (κ1) is 27.5. The number of carboxylic acids is 1. The van der Waals surface area contributed by atoms with Crippen molar-refractivity contribution in [1.82, 2.24) is 15.0 Å². The van der Waals surface area contributed by atoms with Crippen molar-refractivity contribution in [3.63, 3.8) is 0 Å². The summed E-state index contributed by atoms with van der Waals surface area (Å²) >= 11 is 0. The maximum Gasteiger partial charge on any atom is 0.304 e. The summed E-state index contributed by atoms with van der Waals surface area (Å²) in [7, 11) is -0.147. The summed E-state index contributed by atoms with van der Waals surface area (Å²) in [5.74, 6) is -1.05. The van der Waals surface area contributed by atoms with Gasteiger partial charge < -0.3 is 9.53 Å². The van der Waals surface area contributed by atoms with Gasteiger partial charge in [-0.25, -0.2) is 4.68 Å². The smallest absolute Gasteiger partial charge is 0.304 e. The molecule has 1 heterocycles. The van der Waals surface area contributed by atoms with Crippen LogP contribution in [0.3, 0.4) is 0 Å². The lowest BCUT2D eigenvalue weighted by molar-refractivity contribution is -0.137. The number of aryl methyl sites for hydroxylation is 3. The third-order valence-electron chi connectivity index (χ3n) is 8.75. The van der Waals surface area contributed by atoms with E-state index in [4.69, 9.17) is 4.43 Å². The number of hydrogen-bond acceptors (Lipinski definition) is 4. The van der Waals surface area contributed by atoms with Gasteiger partial charge >= 0.3 is 5.97 Å². The maximum atomic E-state index is 12.1. The van der Waals surface area contributed by atoms with Gasteiger partial charge in [0.05, 0.1) is 18.5 Å². The number of fused-ring (bicyclic) bond motifs is 2. The van der Waals surface area contributed by atoms with Gasteiger partial charge in [0.1, 0.15) is 5.52 Å². The zero-order chi connectivity index (χ0) is 27.1. The predicted molar refractivity (Wildman–Crippen MR) is 152 cm³/mol. The van der Waals surface area contributed by atoms with Crippen molar-refractivity contribution in [3.8, 4) is 0 Å². The van der Waals surface area contributed by atoms with Crippen molar-refractivity contribution in [2.24, 2.45) is 7.05 Å². The van der Waals surface area contributed by atoms with Gasteiger partial charge in [-0.3, -0.25) is 4.79 Å². The molecule has 6 nitrogen and oxygen atoms in total. The second kappa shape index (κ2) is 10.7. The lowest BCUT2D eigenvalue weighted by Crippen LogP contribution is -2.47. The fraction of sp³-hybridized carbons (Fsp3) is 0.567.